The average molecular weight is 394 g/mol. The van der Waals surface area contributed by atoms with Crippen LogP contribution >= 0.6 is 0 Å². The van der Waals surface area contributed by atoms with Gasteiger partial charge in [-0.1, -0.05) is 45.9 Å². The summed E-state index contributed by atoms with van der Waals surface area (Å²) in [5, 5.41) is 23.2. The molecule has 0 aliphatic carbocycles. The number of fused-ring (bicyclic) bond motifs is 1. The molecule has 0 bridgehead atoms. The number of hydrogen-bond donors (Lipinski definition) is 3. The van der Waals surface area contributed by atoms with E-state index in [-0.39, 0.29) is 39.9 Å². The van der Waals surface area contributed by atoms with Gasteiger partial charge in [-0.25, -0.2) is 0 Å². The molecule has 0 saturated carbocycles. The highest BCUT2D eigenvalue weighted by molar-refractivity contribution is 6.06. The number of para-hydroxylation sites is 1. The van der Waals surface area contributed by atoms with Crippen molar-refractivity contribution in [2.24, 2.45) is 7.05 Å². The Kier molecular flexibility index (Phi) is 5.38. The summed E-state index contributed by atoms with van der Waals surface area (Å²) in [5.41, 5.74) is 2.44. The van der Waals surface area contributed by atoms with Crippen molar-refractivity contribution >= 4 is 22.5 Å². The maximum absolute atomic E-state index is 13.2. The second-order valence-electron chi connectivity index (χ2n) is 7.86. The summed E-state index contributed by atoms with van der Waals surface area (Å²) >= 11 is 0. The van der Waals surface area contributed by atoms with Crippen molar-refractivity contribution in [3.8, 4) is 11.5 Å². The molecule has 0 fully saturated rings. The first-order chi connectivity index (χ1) is 13.6. The second-order valence-corrected chi connectivity index (χ2v) is 7.86. The van der Waals surface area contributed by atoms with Crippen molar-refractivity contribution in [1.29, 1.82) is 0 Å². The minimum absolute atomic E-state index is 0.0190. The third kappa shape index (κ3) is 3.58. The lowest BCUT2D eigenvalue weighted by atomic mass is 9.92. The fourth-order valence-electron chi connectivity index (χ4n) is 3.66. The van der Waals surface area contributed by atoms with Crippen LogP contribution in [0.4, 0.5) is 5.69 Å². The minimum Gasteiger partial charge on any atom is -0.507 e. The smallest absolute Gasteiger partial charge is 0.272 e. The topological polar surface area (TPSA) is 91.6 Å². The van der Waals surface area contributed by atoms with Crippen molar-refractivity contribution in [2.75, 3.05) is 5.32 Å². The predicted molar refractivity (Wildman–Crippen MR) is 115 cm³/mol. The van der Waals surface area contributed by atoms with Crippen LogP contribution in [0.2, 0.25) is 0 Å². The summed E-state index contributed by atoms with van der Waals surface area (Å²) in [6.45, 7) is 8.23. The zero-order valence-electron chi connectivity index (χ0n) is 17.3. The average Bonchev–Trinajstić information content (AvgIpc) is 2.66. The minimum atomic E-state index is -0.530. The van der Waals surface area contributed by atoms with E-state index in [9.17, 15) is 19.8 Å². The Morgan fingerprint density at radius 3 is 2.07 bits per heavy atom. The molecular formula is C23H26N2O4. The molecule has 3 N–H and O–H groups in total. The third-order valence-electron chi connectivity index (χ3n) is 5.19. The molecule has 3 rings (SSSR count). The van der Waals surface area contributed by atoms with Crippen LogP contribution in [0.15, 0.2) is 41.2 Å². The molecule has 6 heteroatoms. The Morgan fingerprint density at radius 2 is 1.52 bits per heavy atom. The van der Waals surface area contributed by atoms with Crippen molar-refractivity contribution in [2.45, 2.75) is 39.5 Å². The molecule has 2 aromatic carbocycles. The van der Waals surface area contributed by atoms with E-state index in [0.717, 1.165) is 16.8 Å². The number of hydrogen-bond acceptors (Lipinski definition) is 4. The van der Waals surface area contributed by atoms with Gasteiger partial charge in [0.1, 0.15) is 17.2 Å². The van der Waals surface area contributed by atoms with E-state index in [4.69, 9.17) is 0 Å². The second kappa shape index (κ2) is 7.62. The molecular weight excluding hydrogens is 368 g/mol. The quantitative estimate of drug-likeness (QED) is 0.570. The van der Waals surface area contributed by atoms with Gasteiger partial charge in [0.05, 0.1) is 10.9 Å². The number of nitrogens with one attached hydrogen (secondary N) is 1. The van der Waals surface area contributed by atoms with Crippen molar-refractivity contribution in [3.05, 3.63) is 63.4 Å². The molecule has 0 radical (unpaired) electrons. The highest BCUT2D eigenvalue weighted by atomic mass is 16.3. The van der Waals surface area contributed by atoms with E-state index in [1.54, 1.807) is 7.05 Å². The number of benzene rings is 2. The van der Waals surface area contributed by atoms with Crippen LogP contribution < -0.4 is 10.7 Å². The molecule has 0 saturated heterocycles. The van der Waals surface area contributed by atoms with Crippen LogP contribution in [0.5, 0.6) is 11.5 Å². The monoisotopic (exact) mass is 394 g/mol. The summed E-state index contributed by atoms with van der Waals surface area (Å²) in [6.07, 6.45) is 0. The van der Waals surface area contributed by atoms with E-state index < -0.39 is 11.3 Å². The molecule has 6 nitrogen and oxygen atoms in total. The molecule has 1 heterocycles. The van der Waals surface area contributed by atoms with Gasteiger partial charge in [-0.05, 0) is 35.1 Å². The van der Waals surface area contributed by atoms with Crippen molar-refractivity contribution < 1.29 is 15.0 Å². The number of carbonyl (C=O) groups excluding carboxylic acids is 1. The van der Waals surface area contributed by atoms with Gasteiger partial charge in [0, 0.05) is 18.8 Å². The van der Waals surface area contributed by atoms with E-state index in [2.05, 4.69) is 33.0 Å². The Balaban J connectivity index is 2.17. The lowest BCUT2D eigenvalue weighted by Gasteiger charge is -2.21. The number of amides is 1. The molecule has 0 unspecified atom stereocenters. The largest absolute Gasteiger partial charge is 0.507 e. The molecule has 0 atom stereocenters. The molecule has 1 aromatic heterocycles. The summed E-state index contributed by atoms with van der Waals surface area (Å²) in [7, 11) is 1.58. The van der Waals surface area contributed by atoms with Gasteiger partial charge >= 0.3 is 0 Å². The third-order valence-corrected chi connectivity index (χ3v) is 5.19. The zero-order valence-corrected chi connectivity index (χ0v) is 17.3. The Labute approximate surface area is 169 Å². The highest BCUT2D eigenvalue weighted by Crippen LogP contribution is 2.33. The lowest BCUT2D eigenvalue weighted by molar-refractivity contribution is 0.101. The highest BCUT2D eigenvalue weighted by Gasteiger charge is 2.21. The number of phenols is 2. The van der Waals surface area contributed by atoms with Gasteiger partial charge in [0.15, 0.2) is 5.43 Å². The SMILES string of the molecule is CC(C)c1cccc(C(C)C)c1NC(=O)c1cc(=O)c2c(O)ccc(O)c2n1C. The van der Waals surface area contributed by atoms with Crippen molar-refractivity contribution in [3.63, 3.8) is 0 Å². The number of anilines is 1. The fraction of sp³-hybridized carbons (Fsp3) is 0.304. The molecule has 0 aliphatic heterocycles. The van der Waals surface area contributed by atoms with Crippen LogP contribution in [0.25, 0.3) is 10.9 Å². The van der Waals surface area contributed by atoms with E-state index in [0.29, 0.717) is 0 Å². The van der Waals surface area contributed by atoms with Crippen molar-refractivity contribution in [1.82, 2.24) is 4.57 Å². The Bertz CT molecular complexity index is 1130. The maximum Gasteiger partial charge on any atom is 0.272 e. The Hall–Kier alpha value is -3.28. The molecule has 0 spiro atoms. The number of rotatable bonds is 4. The van der Waals surface area contributed by atoms with Crippen LogP contribution in [0.1, 0.15) is 61.1 Å². The first-order valence-electron chi connectivity index (χ1n) is 9.62. The van der Waals surface area contributed by atoms with Crippen LogP contribution in [-0.2, 0) is 7.05 Å². The molecule has 1 amide bonds. The van der Waals surface area contributed by atoms with Gasteiger partial charge in [0.25, 0.3) is 5.91 Å². The van der Waals surface area contributed by atoms with E-state index >= 15 is 0 Å². The number of aryl methyl sites for hydroxylation is 1. The number of phenolic OH excluding ortho intramolecular Hbond substituents is 2. The molecule has 0 aliphatic rings. The van der Waals surface area contributed by atoms with Crippen LogP contribution in [0.3, 0.4) is 0 Å². The normalized spacial score (nSPS) is 11.4. The summed E-state index contributed by atoms with van der Waals surface area (Å²) in [5.74, 6) is -0.477. The van der Waals surface area contributed by atoms with Gasteiger partial charge < -0.3 is 20.1 Å². The molecule has 29 heavy (non-hydrogen) atoms. The van der Waals surface area contributed by atoms with Gasteiger partial charge in [-0.3, -0.25) is 9.59 Å². The molecule has 152 valence electrons. The lowest BCUT2D eigenvalue weighted by Crippen LogP contribution is -2.23. The van der Waals surface area contributed by atoms with E-state index in [1.807, 2.05) is 18.2 Å². The number of carbonyl (C=O) groups is 1. The summed E-state index contributed by atoms with van der Waals surface area (Å²) in [6, 6.07) is 9.68. The van der Waals surface area contributed by atoms with Gasteiger partial charge in [0.2, 0.25) is 0 Å². The maximum atomic E-state index is 13.2. The van der Waals surface area contributed by atoms with E-state index in [1.165, 1.54) is 22.8 Å². The number of aromatic hydroxyl groups is 2. The first kappa shape index (κ1) is 20.5. The summed E-state index contributed by atoms with van der Waals surface area (Å²) in [4.78, 5) is 25.7. The standard InChI is InChI=1S/C23H26N2O4/c1-12(2)14-7-6-8-15(13(3)4)21(14)24-23(29)16-11-19(28)20-17(26)9-10-18(27)22(20)25(16)5/h6-13,26-27H,1-5H3,(H,24,29). The fourth-order valence-corrected chi connectivity index (χ4v) is 3.66. The zero-order chi connectivity index (χ0) is 21.5. The number of nitrogens with zero attached hydrogens (tertiary/aromatic N) is 1. The number of pyridine rings is 1. The summed E-state index contributed by atoms with van der Waals surface area (Å²) < 4.78 is 1.42. The van der Waals surface area contributed by atoms with Gasteiger partial charge in [-0.2, -0.15) is 0 Å². The predicted octanol–water partition coefficient (Wildman–Crippen LogP) is 4.45. The van der Waals surface area contributed by atoms with Crippen LogP contribution in [0, 0.1) is 0 Å². The first-order valence-corrected chi connectivity index (χ1v) is 9.62. The van der Waals surface area contributed by atoms with Gasteiger partial charge in [-0.15, -0.1) is 0 Å². The number of aromatic nitrogens is 1. The Morgan fingerprint density at radius 1 is 0.966 bits per heavy atom. The van der Waals surface area contributed by atoms with Crippen LogP contribution in [-0.4, -0.2) is 20.7 Å². The molecule has 3 aromatic rings.